The van der Waals surface area contributed by atoms with Gasteiger partial charge in [-0.05, 0) is 64.0 Å². The highest BCUT2D eigenvalue weighted by Gasteiger charge is 2.72. The van der Waals surface area contributed by atoms with Gasteiger partial charge in [0, 0.05) is 18.3 Å². The second-order valence-electron chi connectivity index (χ2n) is 11.7. The Bertz CT molecular complexity index is 1160. The van der Waals surface area contributed by atoms with Crippen LogP contribution in [0.4, 0.5) is 5.69 Å². The van der Waals surface area contributed by atoms with Gasteiger partial charge in [-0.1, -0.05) is 68.0 Å². The average Bonchev–Trinajstić information content (AvgIpc) is 3.57. The second-order valence-corrected chi connectivity index (χ2v) is 12.5. The van der Waals surface area contributed by atoms with Crippen LogP contribution < -0.4 is 10.6 Å². The number of halogens is 2. The lowest BCUT2D eigenvalue weighted by Gasteiger charge is -2.34. The maximum absolute atomic E-state index is 14.1. The van der Waals surface area contributed by atoms with E-state index < -0.39 is 29.6 Å². The summed E-state index contributed by atoms with van der Waals surface area (Å²) in [7, 11) is 2.08. The first-order valence-electron chi connectivity index (χ1n) is 14.7. The maximum Gasteiger partial charge on any atom is 0.246 e. The third-order valence-corrected chi connectivity index (χ3v) is 9.63. The largest absolute Gasteiger partial charge is 0.359 e. The first kappa shape index (κ1) is 29.4. The van der Waals surface area contributed by atoms with Crippen molar-refractivity contribution < 1.29 is 19.1 Å². The third kappa shape index (κ3) is 5.65. The zero-order valence-electron chi connectivity index (χ0n) is 23.3. The van der Waals surface area contributed by atoms with E-state index in [4.69, 9.17) is 27.9 Å². The quantitative estimate of drug-likeness (QED) is 0.366. The van der Waals surface area contributed by atoms with Gasteiger partial charge in [0.05, 0.1) is 28.0 Å². The Morgan fingerprint density at radius 2 is 1.85 bits per heavy atom. The first-order chi connectivity index (χ1) is 19.2. The van der Waals surface area contributed by atoms with E-state index in [2.05, 4.69) is 29.5 Å². The van der Waals surface area contributed by atoms with E-state index in [1.54, 1.807) is 23.1 Å². The molecule has 2 saturated heterocycles. The van der Waals surface area contributed by atoms with Crippen molar-refractivity contribution in [1.82, 2.24) is 15.1 Å². The molecule has 0 aromatic heterocycles. The number of amides is 3. The van der Waals surface area contributed by atoms with Crippen LogP contribution in [0.15, 0.2) is 30.4 Å². The number of carbonyl (C=O) groups is 3. The van der Waals surface area contributed by atoms with Crippen LogP contribution in [-0.2, 0) is 19.1 Å². The zero-order valence-corrected chi connectivity index (χ0v) is 24.8. The van der Waals surface area contributed by atoms with Crippen LogP contribution in [-0.4, -0.2) is 78.0 Å². The molecule has 3 fully saturated rings. The van der Waals surface area contributed by atoms with Crippen LogP contribution in [0.25, 0.3) is 0 Å². The topological polar surface area (TPSA) is 91.0 Å². The van der Waals surface area contributed by atoms with E-state index in [0.717, 1.165) is 58.0 Å². The molecule has 3 amide bonds. The van der Waals surface area contributed by atoms with Gasteiger partial charge in [0.2, 0.25) is 17.7 Å². The van der Waals surface area contributed by atoms with Crippen LogP contribution in [0.5, 0.6) is 0 Å². The normalized spacial score (nSPS) is 29.3. The van der Waals surface area contributed by atoms with Crippen molar-refractivity contribution in [3.05, 3.63) is 40.4 Å². The molecule has 2 bridgehead atoms. The van der Waals surface area contributed by atoms with E-state index in [9.17, 15) is 14.4 Å². The zero-order chi connectivity index (χ0) is 28.4. The molecule has 3 heterocycles. The smallest absolute Gasteiger partial charge is 0.246 e. The van der Waals surface area contributed by atoms with Crippen LogP contribution in [0, 0.1) is 11.8 Å². The molecule has 1 aromatic rings. The summed E-state index contributed by atoms with van der Waals surface area (Å²) in [4.78, 5) is 45.6. The lowest BCUT2D eigenvalue weighted by atomic mass is 9.74. The molecular formula is C30H40Cl2N4O4. The number of nitrogens with zero attached hydrogens (tertiary/aromatic N) is 2. The van der Waals surface area contributed by atoms with Gasteiger partial charge in [0.1, 0.15) is 11.6 Å². The summed E-state index contributed by atoms with van der Waals surface area (Å²) in [5.74, 6) is -2.24. The summed E-state index contributed by atoms with van der Waals surface area (Å²) in [6.07, 6.45) is 11.3. The van der Waals surface area contributed by atoms with Crippen molar-refractivity contribution in [1.29, 1.82) is 0 Å². The molecule has 2 N–H and O–H groups in total. The Balaban J connectivity index is 1.37. The summed E-state index contributed by atoms with van der Waals surface area (Å²) in [6.45, 7) is 4.41. The number of hydrogen-bond acceptors (Lipinski definition) is 5. The van der Waals surface area contributed by atoms with Crippen molar-refractivity contribution in [3.8, 4) is 0 Å². The summed E-state index contributed by atoms with van der Waals surface area (Å²) in [5, 5.41) is 6.85. The fourth-order valence-corrected chi connectivity index (χ4v) is 7.18. The van der Waals surface area contributed by atoms with Gasteiger partial charge in [0.25, 0.3) is 0 Å². The minimum Gasteiger partial charge on any atom is -0.359 e. The first-order valence-corrected chi connectivity index (χ1v) is 15.4. The molecule has 1 spiro atoms. The number of likely N-dealkylation sites (tertiary alicyclic amines) is 1. The molecule has 8 nitrogen and oxygen atoms in total. The van der Waals surface area contributed by atoms with E-state index in [0.29, 0.717) is 22.3 Å². The van der Waals surface area contributed by atoms with Crippen LogP contribution in [0.2, 0.25) is 10.0 Å². The monoisotopic (exact) mass is 590 g/mol. The highest BCUT2D eigenvalue weighted by molar-refractivity contribution is 6.42. The summed E-state index contributed by atoms with van der Waals surface area (Å²) < 4.78 is 6.45. The standard InChI is InChI=1S/C30H40Cl2N4O4/c1-3-4-15-35(2)16-8-17-36-26(28(38)33-19-9-6-5-7-10-19)30-14-13-23(40-30)24(25(30)29(36)39)27(37)34-20-11-12-21(31)22(32)18-20/h11-14,18-19,23-26H,3-10,15-17H2,1-2H3,(H,33,38)(H,34,37)/t23-,24+,25-,26-,30+/m1/s1. The highest BCUT2D eigenvalue weighted by atomic mass is 35.5. The SMILES string of the molecule is CCCCN(C)CCCN1C(=O)[C@H]2[C@@H](C(=O)Nc3ccc(Cl)c(Cl)c3)[C@H]3C=C[C@@]2(O3)[C@H]1C(=O)NC1CCCCC1. The Labute approximate surface area is 246 Å². The van der Waals surface area contributed by atoms with E-state index in [1.807, 2.05) is 12.2 Å². The molecule has 3 aliphatic heterocycles. The van der Waals surface area contributed by atoms with Crippen molar-refractivity contribution in [2.24, 2.45) is 11.8 Å². The van der Waals surface area contributed by atoms with Gasteiger partial charge in [-0.3, -0.25) is 14.4 Å². The number of nitrogens with one attached hydrogen (secondary N) is 2. The predicted octanol–water partition coefficient (Wildman–Crippen LogP) is 4.65. The fraction of sp³-hybridized carbons (Fsp3) is 0.633. The average molecular weight is 592 g/mol. The minimum atomic E-state index is -1.16. The lowest BCUT2D eigenvalue weighted by molar-refractivity contribution is -0.141. The van der Waals surface area contributed by atoms with Crippen molar-refractivity contribution in [2.75, 3.05) is 32.0 Å². The Morgan fingerprint density at radius 3 is 2.58 bits per heavy atom. The van der Waals surface area contributed by atoms with Crippen LogP contribution in [0.1, 0.15) is 58.3 Å². The van der Waals surface area contributed by atoms with Gasteiger partial charge in [-0.2, -0.15) is 0 Å². The second kappa shape index (κ2) is 12.4. The Kier molecular flexibility index (Phi) is 9.10. The number of hydrogen-bond donors (Lipinski definition) is 2. The van der Waals surface area contributed by atoms with Gasteiger partial charge < -0.3 is 25.2 Å². The molecule has 218 valence electrons. The number of ether oxygens (including phenoxy) is 1. The molecule has 1 saturated carbocycles. The van der Waals surface area contributed by atoms with E-state index in [-0.39, 0.29) is 23.8 Å². The Hall–Kier alpha value is -2.13. The number of benzene rings is 1. The molecule has 1 aliphatic carbocycles. The van der Waals surface area contributed by atoms with Crippen molar-refractivity contribution >= 4 is 46.6 Å². The van der Waals surface area contributed by atoms with Gasteiger partial charge in [-0.15, -0.1) is 0 Å². The number of rotatable bonds is 11. The molecule has 0 radical (unpaired) electrons. The molecule has 10 heteroatoms. The molecule has 40 heavy (non-hydrogen) atoms. The van der Waals surface area contributed by atoms with Gasteiger partial charge in [0.15, 0.2) is 0 Å². The number of anilines is 1. The molecular weight excluding hydrogens is 551 g/mol. The number of fused-ring (bicyclic) bond motifs is 1. The van der Waals surface area contributed by atoms with Crippen molar-refractivity contribution in [2.45, 2.75) is 82.1 Å². The molecule has 4 aliphatic rings. The van der Waals surface area contributed by atoms with E-state index in [1.165, 1.54) is 6.42 Å². The fourth-order valence-electron chi connectivity index (χ4n) is 6.89. The summed E-state index contributed by atoms with van der Waals surface area (Å²) in [6, 6.07) is 4.16. The van der Waals surface area contributed by atoms with Gasteiger partial charge in [-0.25, -0.2) is 0 Å². The van der Waals surface area contributed by atoms with Crippen LogP contribution in [0.3, 0.4) is 0 Å². The molecule has 0 unspecified atom stereocenters. The molecule has 1 aromatic carbocycles. The maximum atomic E-state index is 14.1. The summed E-state index contributed by atoms with van der Waals surface area (Å²) >= 11 is 12.2. The predicted molar refractivity (Wildman–Crippen MR) is 156 cm³/mol. The van der Waals surface area contributed by atoms with Crippen LogP contribution >= 0.6 is 23.2 Å². The number of unbranched alkanes of at least 4 members (excludes halogenated alkanes) is 1. The molecule has 5 atom stereocenters. The third-order valence-electron chi connectivity index (χ3n) is 8.90. The minimum absolute atomic E-state index is 0.102. The Morgan fingerprint density at radius 1 is 1.10 bits per heavy atom. The number of carbonyl (C=O) groups excluding carboxylic acids is 3. The molecule has 5 rings (SSSR count). The lowest BCUT2D eigenvalue weighted by Crippen LogP contribution is -2.56. The van der Waals surface area contributed by atoms with Gasteiger partial charge >= 0.3 is 0 Å². The van der Waals surface area contributed by atoms with E-state index >= 15 is 0 Å². The highest BCUT2D eigenvalue weighted by Crippen LogP contribution is 2.55. The van der Waals surface area contributed by atoms with Crippen molar-refractivity contribution in [3.63, 3.8) is 0 Å². The summed E-state index contributed by atoms with van der Waals surface area (Å²) in [5.41, 5.74) is -0.668.